The van der Waals surface area contributed by atoms with Crippen LogP contribution in [0.4, 0.5) is 10.5 Å². The number of carbonyl (C=O) groups excluding carboxylic acids is 1. The number of halogens is 1. The number of nitrogens with one attached hydrogen (secondary N) is 1. The van der Waals surface area contributed by atoms with E-state index in [1.807, 2.05) is 47.4 Å². The van der Waals surface area contributed by atoms with Gasteiger partial charge in [-0.15, -0.1) is 11.8 Å². The molecule has 0 unspecified atom stereocenters. The van der Waals surface area contributed by atoms with Gasteiger partial charge in [-0.05, 0) is 42.5 Å². The Morgan fingerprint density at radius 1 is 1.20 bits per heavy atom. The molecule has 7 heteroatoms. The van der Waals surface area contributed by atoms with Crippen LogP contribution in [0.5, 0.6) is 11.5 Å². The second kappa shape index (κ2) is 8.01. The molecule has 5 nitrogen and oxygen atoms in total. The van der Waals surface area contributed by atoms with Gasteiger partial charge in [0.1, 0.15) is 16.9 Å². The molecule has 3 rings (SSSR count). The third-order valence-corrected chi connectivity index (χ3v) is 5.72. The summed E-state index contributed by atoms with van der Waals surface area (Å²) in [7, 11) is 3.27. The number of carbonyl (C=O) groups is 1. The molecule has 1 atom stereocenters. The lowest BCUT2D eigenvalue weighted by Crippen LogP contribution is -2.34. The minimum Gasteiger partial charge on any atom is -0.497 e. The zero-order valence-electron chi connectivity index (χ0n) is 14.0. The fourth-order valence-electron chi connectivity index (χ4n) is 2.70. The summed E-state index contributed by atoms with van der Waals surface area (Å²) >= 11 is 5.11. The summed E-state index contributed by atoms with van der Waals surface area (Å²) in [5.41, 5.74) is 1.71. The van der Waals surface area contributed by atoms with Gasteiger partial charge in [0.2, 0.25) is 0 Å². The number of hydrogen-bond donors (Lipinski definition) is 1. The van der Waals surface area contributed by atoms with Crippen LogP contribution < -0.4 is 14.8 Å². The van der Waals surface area contributed by atoms with E-state index in [0.29, 0.717) is 6.54 Å². The number of anilines is 1. The fourth-order valence-corrected chi connectivity index (χ4v) is 4.23. The van der Waals surface area contributed by atoms with Crippen molar-refractivity contribution in [3.8, 4) is 11.5 Å². The molecule has 0 aliphatic carbocycles. The third-order valence-electron chi connectivity index (χ3n) is 3.95. The van der Waals surface area contributed by atoms with Crippen molar-refractivity contribution in [2.24, 2.45) is 0 Å². The highest BCUT2D eigenvalue weighted by Gasteiger charge is 2.33. The molecule has 2 aromatic rings. The van der Waals surface area contributed by atoms with Crippen molar-refractivity contribution >= 4 is 39.4 Å². The van der Waals surface area contributed by atoms with Crippen LogP contribution in [-0.2, 0) is 0 Å². The van der Waals surface area contributed by atoms with Crippen molar-refractivity contribution < 1.29 is 14.3 Å². The normalized spacial score (nSPS) is 16.6. The molecule has 1 aliphatic heterocycles. The van der Waals surface area contributed by atoms with Gasteiger partial charge in [-0.1, -0.05) is 15.9 Å². The standard InChI is InChI=1S/C18H19BrN2O3S/c1-23-14-7-8-16(24-2)15(11-14)17-21(9-10-25-17)18(22)20-13-5-3-12(19)4-6-13/h3-8,11,17H,9-10H2,1-2H3,(H,20,22)/t17-/m0/s1. The van der Waals surface area contributed by atoms with Gasteiger partial charge in [-0.3, -0.25) is 0 Å². The van der Waals surface area contributed by atoms with Gasteiger partial charge in [-0.2, -0.15) is 0 Å². The SMILES string of the molecule is COc1ccc(OC)c([C@@H]2SCCN2C(=O)Nc2ccc(Br)cc2)c1. The predicted molar refractivity (Wildman–Crippen MR) is 105 cm³/mol. The Hall–Kier alpha value is -1.86. The summed E-state index contributed by atoms with van der Waals surface area (Å²) in [6.45, 7) is 0.679. The molecule has 2 aromatic carbocycles. The lowest BCUT2D eigenvalue weighted by atomic mass is 10.1. The minimum atomic E-state index is -0.123. The first-order valence-electron chi connectivity index (χ1n) is 7.79. The van der Waals surface area contributed by atoms with Crippen LogP contribution in [0.15, 0.2) is 46.9 Å². The molecule has 1 heterocycles. The average Bonchev–Trinajstić information content (AvgIpc) is 3.12. The van der Waals surface area contributed by atoms with Crippen LogP contribution in [-0.4, -0.2) is 37.4 Å². The molecule has 2 amide bonds. The van der Waals surface area contributed by atoms with Crippen LogP contribution in [0.2, 0.25) is 0 Å². The highest BCUT2D eigenvalue weighted by atomic mass is 79.9. The Morgan fingerprint density at radius 2 is 1.96 bits per heavy atom. The quantitative estimate of drug-likeness (QED) is 0.772. The molecule has 1 aliphatic rings. The molecular weight excluding hydrogens is 404 g/mol. The van der Waals surface area contributed by atoms with Crippen LogP contribution in [0.1, 0.15) is 10.9 Å². The summed E-state index contributed by atoms with van der Waals surface area (Å²) in [5.74, 6) is 2.37. The van der Waals surface area contributed by atoms with Crippen LogP contribution >= 0.6 is 27.7 Å². The van der Waals surface area contributed by atoms with Crippen molar-refractivity contribution in [2.45, 2.75) is 5.37 Å². The fraction of sp³-hybridized carbons (Fsp3) is 0.278. The van der Waals surface area contributed by atoms with E-state index >= 15 is 0 Å². The number of benzene rings is 2. The van der Waals surface area contributed by atoms with Gasteiger partial charge in [0.05, 0.1) is 14.2 Å². The van der Waals surface area contributed by atoms with Gasteiger partial charge >= 0.3 is 6.03 Å². The molecule has 0 radical (unpaired) electrons. The number of methoxy groups -OCH3 is 2. The Morgan fingerprint density at radius 3 is 2.64 bits per heavy atom. The zero-order valence-corrected chi connectivity index (χ0v) is 16.4. The number of amides is 2. The second-order valence-corrected chi connectivity index (χ2v) is 7.57. The van der Waals surface area contributed by atoms with Crippen molar-refractivity contribution in [1.82, 2.24) is 4.90 Å². The van der Waals surface area contributed by atoms with E-state index in [1.165, 1.54) is 0 Å². The smallest absolute Gasteiger partial charge is 0.323 e. The zero-order chi connectivity index (χ0) is 17.8. The molecule has 1 fully saturated rings. The van der Waals surface area contributed by atoms with Crippen LogP contribution in [0.25, 0.3) is 0 Å². The van der Waals surface area contributed by atoms with E-state index in [4.69, 9.17) is 9.47 Å². The maximum Gasteiger partial charge on any atom is 0.323 e. The number of rotatable bonds is 4. The number of thioether (sulfide) groups is 1. The van der Waals surface area contributed by atoms with Crippen molar-refractivity contribution in [3.05, 3.63) is 52.5 Å². The molecular formula is C18H19BrN2O3S. The Balaban J connectivity index is 1.82. The van der Waals surface area contributed by atoms with Gasteiger partial charge < -0.3 is 19.7 Å². The molecule has 1 N–H and O–H groups in total. The van der Waals surface area contributed by atoms with E-state index in [1.54, 1.807) is 26.0 Å². The average molecular weight is 423 g/mol. The molecule has 132 valence electrons. The first kappa shape index (κ1) is 17.9. The lowest BCUT2D eigenvalue weighted by molar-refractivity contribution is 0.213. The lowest BCUT2D eigenvalue weighted by Gasteiger charge is -2.26. The Labute approximate surface area is 159 Å². The van der Waals surface area contributed by atoms with Gasteiger partial charge in [0, 0.05) is 28.0 Å². The highest BCUT2D eigenvalue weighted by Crippen LogP contribution is 2.43. The van der Waals surface area contributed by atoms with Crippen LogP contribution in [0.3, 0.4) is 0 Å². The maximum absolute atomic E-state index is 12.8. The molecule has 0 bridgehead atoms. The van der Waals surface area contributed by atoms with Crippen molar-refractivity contribution in [1.29, 1.82) is 0 Å². The summed E-state index contributed by atoms with van der Waals surface area (Å²) in [6.07, 6.45) is 0. The van der Waals surface area contributed by atoms with Gasteiger partial charge in [0.25, 0.3) is 0 Å². The minimum absolute atomic E-state index is 0.111. The summed E-state index contributed by atoms with van der Waals surface area (Å²) < 4.78 is 11.8. The number of nitrogens with zero attached hydrogens (tertiary/aromatic N) is 1. The third kappa shape index (κ3) is 4.04. The molecule has 1 saturated heterocycles. The molecule has 0 saturated carbocycles. The molecule has 0 spiro atoms. The monoisotopic (exact) mass is 422 g/mol. The maximum atomic E-state index is 12.8. The molecule has 0 aromatic heterocycles. The first-order valence-corrected chi connectivity index (χ1v) is 9.63. The highest BCUT2D eigenvalue weighted by molar-refractivity contribution is 9.10. The van der Waals surface area contributed by atoms with Gasteiger partial charge in [0.15, 0.2) is 0 Å². The van der Waals surface area contributed by atoms with E-state index in [2.05, 4.69) is 21.2 Å². The molecule has 25 heavy (non-hydrogen) atoms. The summed E-state index contributed by atoms with van der Waals surface area (Å²) in [4.78, 5) is 14.6. The van der Waals surface area contributed by atoms with E-state index in [0.717, 1.165) is 33.0 Å². The Kier molecular flexibility index (Phi) is 5.75. The summed E-state index contributed by atoms with van der Waals surface area (Å²) in [5, 5.41) is 2.85. The summed E-state index contributed by atoms with van der Waals surface area (Å²) in [6, 6.07) is 13.1. The number of hydrogen-bond acceptors (Lipinski definition) is 4. The van der Waals surface area contributed by atoms with E-state index in [-0.39, 0.29) is 11.4 Å². The Bertz CT molecular complexity index is 754. The van der Waals surface area contributed by atoms with Gasteiger partial charge in [-0.25, -0.2) is 4.79 Å². The predicted octanol–water partition coefficient (Wildman–Crippen LogP) is 4.75. The van der Waals surface area contributed by atoms with Crippen molar-refractivity contribution in [3.63, 3.8) is 0 Å². The largest absolute Gasteiger partial charge is 0.497 e. The number of urea groups is 1. The number of ether oxygens (including phenoxy) is 2. The van der Waals surface area contributed by atoms with Crippen LogP contribution in [0, 0.1) is 0 Å². The van der Waals surface area contributed by atoms with E-state index in [9.17, 15) is 4.79 Å². The van der Waals surface area contributed by atoms with E-state index < -0.39 is 0 Å². The second-order valence-electron chi connectivity index (χ2n) is 5.46. The van der Waals surface area contributed by atoms with Crippen molar-refractivity contribution in [2.75, 3.05) is 31.8 Å². The first-order chi connectivity index (χ1) is 12.1. The topological polar surface area (TPSA) is 50.8 Å².